The normalized spacial score (nSPS) is 18.5. The van der Waals surface area contributed by atoms with Gasteiger partial charge >= 0.3 is 0 Å². The summed E-state index contributed by atoms with van der Waals surface area (Å²) in [7, 11) is 2.10. The summed E-state index contributed by atoms with van der Waals surface area (Å²) in [6.07, 6.45) is 3.76. The lowest BCUT2D eigenvalue weighted by Crippen LogP contribution is -2.47. The Hall–Kier alpha value is -2.08. The van der Waals surface area contributed by atoms with E-state index in [9.17, 15) is 4.79 Å². The Balaban J connectivity index is 1.62. The largest absolute Gasteiger partial charge is 0.349 e. The molecule has 0 saturated carbocycles. The number of nitrogens with one attached hydrogen (secondary N) is 1. The van der Waals surface area contributed by atoms with Gasteiger partial charge in [0.15, 0.2) is 0 Å². The lowest BCUT2D eigenvalue weighted by atomic mass is 10.2. The Morgan fingerprint density at radius 3 is 3.14 bits per heavy atom. The van der Waals surface area contributed by atoms with Gasteiger partial charge in [0.1, 0.15) is 5.69 Å². The number of hydrogen-bond donors (Lipinski definition) is 1. The van der Waals surface area contributed by atoms with Crippen molar-refractivity contribution < 1.29 is 4.79 Å². The van der Waals surface area contributed by atoms with E-state index in [-0.39, 0.29) is 5.91 Å². The molecule has 21 heavy (non-hydrogen) atoms. The molecule has 0 aliphatic carbocycles. The predicted octanol–water partition coefficient (Wildman–Crippen LogP) is 0.948. The third-order valence-corrected chi connectivity index (χ3v) is 4.11. The molecule has 2 aromatic heterocycles. The lowest BCUT2D eigenvalue weighted by molar-refractivity contribution is 0.0915. The van der Waals surface area contributed by atoms with Crippen molar-refractivity contribution in [2.24, 2.45) is 0 Å². The van der Waals surface area contributed by atoms with E-state index >= 15 is 0 Å². The van der Waals surface area contributed by atoms with Crippen LogP contribution in [0.5, 0.6) is 0 Å². The zero-order valence-corrected chi connectivity index (χ0v) is 12.5. The maximum atomic E-state index is 12.2. The number of fused-ring (bicyclic) bond motifs is 1. The first-order valence-corrected chi connectivity index (χ1v) is 7.33. The van der Waals surface area contributed by atoms with Gasteiger partial charge in [0, 0.05) is 50.3 Å². The van der Waals surface area contributed by atoms with Gasteiger partial charge in [0.05, 0.1) is 0 Å². The molecule has 1 amide bonds. The van der Waals surface area contributed by atoms with Gasteiger partial charge < -0.3 is 9.88 Å². The van der Waals surface area contributed by atoms with Crippen molar-refractivity contribution in [2.75, 3.05) is 13.6 Å². The summed E-state index contributed by atoms with van der Waals surface area (Å²) in [4.78, 5) is 14.5. The second-order valence-corrected chi connectivity index (χ2v) is 5.46. The zero-order chi connectivity index (χ0) is 14.8. The molecule has 3 rings (SSSR count). The van der Waals surface area contributed by atoms with Gasteiger partial charge in [0.2, 0.25) is 0 Å². The van der Waals surface area contributed by atoms with Crippen LogP contribution in [0.2, 0.25) is 0 Å². The van der Waals surface area contributed by atoms with E-state index in [0.717, 1.165) is 13.1 Å². The molecule has 3 heterocycles. The van der Waals surface area contributed by atoms with Gasteiger partial charge in [-0.1, -0.05) is 0 Å². The highest BCUT2D eigenvalue weighted by Crippen LogP contribution is 2.16. The van der Waals surface area contributed by atoms with Crippen LogP contribution in [-0.2, 0) is 19.6 Å². The molecule has 0 saturated heterocycles. The first-order valence-electron chi connectivity index (χ1n) is 7.33. The Labute approximate surface area is 124 Å². The summed E-state index contributed by atoms with van der Waals surface area (Å²) >= 11 is 0. The van der Waals surface area contributed by atoms with Crippen LogP contribution in [-0.4, -0.2) is 44.8 Å². The molecule has 0 radical (unpaired) electrons. The van der Waals surface area contributed by atoms with E-state index in [0.29, 0.717) is 24.8 Å². The van der Waals surface area contributed by atoms with Crippen LogP contribution < -0.4 is 5.32 Å². The molecule has 0 aromatic carbocycles. The van der Waals surface area contributed by atoms with Gasteiger partial charge in [-0.05, 0) is 32.2 Å². The van der Waals surface area contributed by atoms with Crippen LogP contribution in [0.4, 0.5) is 0 Å². The summed E-state index contributed by atoms with van der Waals surface area (Å²) < 4.78 is 3.97. The quantitative estimate of drug-likeness (QED) is 0.911. The fourth-order valence-electron chi connectivity index (χ4n) is 2.82. The van der Waals surface area contributed by atoms with E-state index in [2.05, 4.69) is 45.3 Å². The number of aryl methyl sites for hydroxylation is 1. The molecule has 112 valence electrons. The third-order valence-electron chi connectivity index (χ3n) is 4.11. The Bertz CT molecular complexity index is 630. The maximum Gasteiger partial charge on any atom is 0.269 e. The van der Waals surface area contributed by atoms with Crippen molar-refractivity contribution in [1.29, 1.82) is 0 Å². The van der Waals surface area contributed by atoms with Crippen LogP contribution in [0, 0.1) is 0 Å². The minimum absolute atomic E-state index is 0.0546. The monoisotopic (exact) mass is 287 g/mol. The second-order valence-electron chi connectivity index (χ2n) is 5.46. The second kappa shape index (κ2) is 5.73. The van der Waals surface area contributed by atoms with Crippen molar-refractivity contribution in [2.45, 2.75) is 32.6 Å². The predicted molar refractivity (Wildman–Crippen MR) is 79.9 cm³/mol. The number of carbonyl (C=O) groups excluding carboxylic acids is 1. The molecule has 1 atom stereocenters. The highest BCUT2D eigenvalue weighted by Gasteiger charge is 2.23. The third kappa shape index (κ3) is 2.71. The molecule has 6 nitrogen and oxygen atoms in total. The maximum absolute atomic E-state index is 12.2. The number of rotatable bonds is 4. The molecular formula is C15H21N5O. The van der Waals surface area contributed by atoms with Crippen molar-refractivity contribution in [3.63, 3.8) is 0 Å². The molecule has 0 spiro atoms. The molecule has 0 fully saturated rings. The van der Waals surface area contributed by atoms with Crippen molar-refractivity contribution in [1.82, 2.24) is 24.6 Å². The first kappa shape index (κ1) is 13.9. The summed E-state index contributed by atoms with van der Waals surface area (Å²) in [5, 5.41) is 7.16. The smallest absolute Gasteiger partial charge is 0.269 e. The van der Waals surface area contributed by atoms with E-state index in [4.69, 9.17) is 0 Å². The van der Waals surface area contributed by atoms with Crippen molar-refractivity contribution in [3.8, 4) is 0 Å². The fourth-order valence-corrected chi connectivity index (χ4v) is 2.82. The Morgan fingerprint density at radius 2 is 2.33 bits per heavy atom. The van der Waals surface area contributed by atoms with E-state index in [1.165, 1.54) is 5.69 Å². The topological polar surface area (TPSA) is 55.1 Å². The summed E-state index contributed by atoms with van der Waals surface area (Å²) in [5.41, 5.74) is 1.95. The van der Waals surface area contributed by atoms with Gasteiger partial charge in [-0.2, -0.15) is 5.10 Å². The fraction of sp³-hybridized carbons (Fsp3) is 0.467. The number of carbonyl (C=O) groups is 1. The molecule has 6 heteroatoms. The molecular weight excluding hydrogens is 266 g/mol. The summed E-state index contributed by atoms with van der Waals surface area (Å²) in [6, 6.07) is 6.29. The SMILES string of the molecule is CCn1nccc1C(=O)NCC1Cn2cccc2CN1C. The van der Waals surface area contributed by atoms with Crippen LogP contribution in [0.15, 0.2) is 30.6 Å². The average molecular weight is 287 g/mol. The van der Waals surface area contributed by atoms with Gasteiger partial charge in [-0.25, -0.2) is 0 Å². The lowest BCUT2D eigenvalue weighted by Gasteiger charge is -2.34. The minimum atomic E-state index is -0.0546. The van der Waals surface area contributed by atoms with Crippen LogP contribution in [0.3, 0.4) is 0 Å². The van der Waals surface area contributed by atoms with E-state index < -0.39 is 0 Å². The summed E-state index contributed by atoms with van der Waals surface area (Å²) in [6.45, 7) is 5.15. The molecule has 2 aromatic rings. The molecule has 1 N–H and O–H groups in total. The number of likely N-dealkylation sites (N-methyl/N-ethyl adjacent to an activating group) is 1. The number of aromatic nitrogens is 3. The minimum Gasteiger partial charge on any atom is -0.349 e. The van der Waals surface area contributed by atoms with E-state index in [1.54, 1.807) is 16.9 Å². The Morgan fingerprint density at radius 1 is 1.48 bits per heavy atom. The van der Waals surface area contributed by atoms with Crippen LogP contribution in [0.1, 0.15) is 23.1 Å². The molecule has 1 unspecified atom stereocenters. The highest BCUT2D eigenvalue weighted by atomic mass is 16.2. The summed E-state index contributed by atoms with van der Waals surface area (Å²) in [5.74, 6) is -0.0546. The van der Waals surface area contributed by atoms with Gasteiger partial charge in [-0.3, -0.25) is 14.4 Å². The van der Waals surface area contributed by atoms with E-state index in [1.807, 2.05) is 6.92 Å². The first-order chi connectivity index (χ1) is 10.2. The Kier molecular flexibility index (Phi) is 3.79. The molecule has 1 aliphatic heterocycles. The van der Waals surface area contributed by atoms with Crippen LogP contribution in [0.25, 0.3) is 0 Å². The number of hydrogen-bond acceptors (Lipinski definition) is 3. The average Bonchev–Trinajstić information content (AvgIpc) is 3.12. The zero-order valence-electron chi connectivity index (χ0n) is 12.5. The van der Waals surface area contributed by atoms with Crippen molar-refractivity contribution in [3.05, 3.63) is 42.0 Å². The molecule has 1 aliphatic rings. The van der Waals surface area contributed by atoms with Crippen LogP contribution >= 0.6 is 0 Å². The highest BCUT2D eigenvalue weighted by molar-refractivity contribution is 5.92. The number of nitrogens with zero attached hydrogens (tertiary/aromatic N) is 4. The standard InChI is InChI=1S/C15H21N5O/c1-3-20-14(6-7-17-20)15(21)16-9-13-11-19-8-4-5-12(19)10-18(13)2/h4-8,13H,3,9-11H2,1-2H3,(H,16,21). The van der Waals surface area contributed by atoms with Gasteiger partial charge in [-0.15, -0.1) is 0 Å². The van der Waals surface area contributed by atoms with Gasteiger partial charge in [0.25, 0.3) is 5.91 Å². The molecule has 0 bridgehead atoms. The number of amides is 1. The van der Waals surface area contributed by atoms with Crippen molar-refractivity contribution >= 4 is 5.91 Å².